The number of carbonyl (C=O) groups is 2. The van der Waals surface area contributed by atoms with Crippen molar-refractivity contribution < 1.29 is 22.7 Å². The minimum absolute atomic E-state index is 0.0233. The van der Waals surface area contributed by atoms with E-state index in [1.807, 2.05) is 21.7 Å². The maximum Gasteiger partial charge on any atom is 0.254 e. The van der Waals surface area contributed by atoms with E-state index in [1.54, 1.807) is 4.90 Å². The van der Waals surface area contributed by atoms with Crippen molar-refractivity contribution in [2.75, 3.05) is 44.8 Å². The lowest BCUT2D eigenvalue weighted by Gasteiger charge is -2.47. The molecule has 1 aromatic heterocycles. The van der Waals surface area contributed by atoms with Gasteiger partial charge in [0.25, 0.3) is 5.91 Å². The molecule has 0 aromatic carbocycles. The van der Waals surface area contributed by atoms with Crippen LogP contribution in [0.5, 0.6) is 0 Å². The largest absolute Gasteiger partial charge is 0.371 e. The van der Waals surface area contributed by atoms with Gasteiger partial charge in [0.1, 0.15) is 9.84 Å². The molecule has 1 aromatic rings. The van der Waals surface area contributed by atoms with Gasteiger partial charge in [0, 0.05) is 37.7 Å². The molecule has 0 radical (unpaired) electrons. The molecular formula is C17H24N2O5S2. The molecule has 0 bridgehead atoms. The van der Waals surface area contributed by atoms with Crippen LogP contribution in [0, 0.1) is 0 Å². The number of amides is 2. The molecule has 7 nitrogen and oxygen atoms in total. The lowest BCUT2D eigenvalue weighted by Crippen LogP contribution is -2.58. The third-order valence-corrected chi connectivity index (χ3v) is 6.65. The third kappa shape index (κ3) is 4.63. The van der Waals surface area contributed by atoms with Gasteiger partial charge in [0.05, 0.1) is 30.1 Å². The number of hydrogen-bond donors (Lipinski definition) is 0. The topological polar surface area (TPSA) is 84.0 Å². The SMILES string of the molecule is CS(=O)(=O)CCC(=O)N1CCC2(CC1)CN(C(=O)c1ccsc1)CCO2. The summed E-state index contributed by atoms with van der Waals surface area (Å²) in [4.78, 5) is 28.3. The zero-order valence-electron chi connectivity index (χ0n) is 14.8. The molecule has 3 rings (SSSR count). The van der Waals surface area contributed by atoms with E-state index in [-0.39, 0.29) is 24.0 Å². The van der Waals surface area contributed by atoms with Crippen LogP contribution in [0.3, 0.4) is 0 Å². The van der Waals surface area contributed by atoms with Gasteiger partial charge < -0.3 is 14.5 Å². The monoisotopic (exact) mass is 400 g/mol. The summed E-state index contributed by atoms with van der Waals surface area (Å²) in [6.07, 6.45) is 2.48. The van der Waals surface area contributed by atoms with Crippen molar-refractivity contribution in [2.24, 2.45) is 0 Å². The number of thiophene rings is 1. The Morgan fingerprint density at radius 2 is 1.96 bits per heavy atom. The van der Waals surface area contributed by atoms with E-state index in [9.17, 15) is 18.0 Å². The van der Waals surface area contributed by atoms with Crippen molar-refractivity contribution in [3.05, 3.63) is 22.4 Å². The van der Waals surface area contributed by atoms with Gasteiger partial charge in [-0.3, -0.25) is 9.59 Å². The second-order valence-electron chi connectivity index (χ2n) is 7.03. The number of sulfone groups is 1. The summed E-state index contributed by atoms with van der Waals surface area (Å²) in [6, 6.07) is 1.83. The predicted molar refractivity (Wildman–Crippen MR) is 99.0 cm³/mol. The van der Waals surface area contributed by atoms with Crippen molar-refractivity contribution in [1.82, 2.24) is 9.80 Å². The summed E-state index contributed by atoms with van der Waals surface area (Å²) in [5.41, 5.74) is 0.304. The smallest absolute Gasteiger partial charge is 0.254 e. The van der Waals surface area contributed by atoms with Crippen LogP contribution < -0.4 is 0 Å². The van der Waals surface area contributed by atoms with Crippen LogP contribution in [0.2, 0.25) is 0 Å². The molecule has 0 saturated carbocycles. The molecule has 0 aliphatic carbocycles. The lowest BCUT2D eigenvalue weighted by atomic mass is 9.89. The van der Waals surface area contributed by atoms with E-state index in [1.165, 1.54) is 11.3 Å². The van der Waals surface area contributed by atoms with Crippen LogP contribution in [-0.4, -0.2) is 80.4 Å². The van der Waals surface area contributed by atoms with Crippen molar-refractivity contribution >= 4 is 33.0 Å². The summed E-state index contributed by atoms with van der Waals surface area (Å²) in [5, 5.41) is 3.75. The maximum absolute atomic E-state index is 12.6. The van der Waals surface area contributed by atoms with Crippen molar-refractivity contribution in [3.8, 4) is 0 Å². The fourth-order valence-corrected chi connectivity index (χ4v) is 4.66. The lowest BCUT2D eigenvalue weighted by molar-refractivity contribution is -0.146. The highest BCUT2D eigenvalue weighted by Gasteiger charge is 2.41. The Morgan fingerprint density at radius 3 is 2.58 bits per heavy atom. The molecule has 2 aliphatic rings. The van der Waals surface area contributed by atoms with Gasteiger partial charge in [-0.1, -0.05) is 0 Å². The van der Waals surface area contributed by atoms with Gasteiger partial charge in [0.15, 0.2) is 0 Å². The zero-order chi connectivity index (χ0) is 18.8. The zero-order valence-corrected chi connectivity index (χ0v) is 16.5. The first-order valence-corrected chi connectivity index (χ1v) is 11.7. The highest BCUT2D eigenvalue weighted by Crippen LogP contribution is 2.31. The summed E-state index contributed by atoms with van der Waals surface area (Å²) < 4.78 is 28.5. The average Bonchev–Trinajstić information content (AvgIpc) is 3.14. The van der Waals surface area contributed by atoms with E-state index >= 15 is 0 Å². The molecule has 26 heavy (non-hydrogen) atoms. The van der Waals surface area contributed by atoms with E-state index < -0.39 is 15.4 Å². The van der Waals surface area contributed by atoms with Crippen molar-refractivity contribution in [2.45, 2.75) is 24.9 Å². The summed E-state index contributed by atoms with van der Waals surface area (Å²) in [6.45, 7) is 2.67. The average molecular weight is 401 g/mol. The number of carbonyl (C=O) groups excluding carboxylic acids is 2. The van der Waals surface area contributed by atoms with Gasteiger partial charge in [-0.2, -0.15) is 11.3 Å². The van der Waals surface area contributed by atoms with Crippen LogP contribution in [0.25, 0.3) is 0 Å². The van der Waals surface area contributed by atoms with Crippen LogP contribution >= 0.6 is 11.3 Å². The number of piperidine rings is 1. The fraction of sp³-hybridized carbons (Fsp3) is 0.647. The fourth-order valence-electron chi connectivity index (χ4n) is 3.48. The number of rotatable bonds is 4. The predicted octanol–water partition coefficient (Wildman–Crippen LogP) is 1.02. The molecule has 144 valence electrons. The molecule has 0 N–H and O–H groups in total. The highest BCUT2D eigenvalue weighted by molar-refractivity contribution is 7.90. The molecule has 1 spiro atoms. The van der Waals surface area contributed by atoms with E-state index in [4.69, 9.17) is 4.74 Å². The van der Waals surface area contributed by atoms with Crippen LogP contribution in [0.1, 0.15) is 29.6 Å². The van der Waals surface area contributed by atoms with Gasteiger partial charge >= 0.3 is 0 Å². The minimum Gasteiger partial charge on any atom is -0.371 e. The molecular weight excluding hydrogens is 376 g/mol. The Kier molecular flexibility index (Phi) is 5.69. The van der Waals surface area contributed by atoms with E-state index in [2.05, 4.69) is 0 Å². The van der Waals surface area contributed by atoms with Crippen LogP contribution in [0.15, 0.2) is 16.8 Å². The normalized spacial score (nSPS) is 20.3. The van der Waals surface area contributed by atoms with Gasteiger partial charge in [-0.15, -0.1) is 0 Å². The molecule has 0 unspecified atom stereocenters. The Bertz CT molecular complexity index is 752. The number of morpholine rings is 1. The van der Waals surface area contributed by atoms with E-state index in [0.29, 0.717) is 51.2 Å². The first kappa shape index (κ1) is 19.3. The van der Waals surface area contributed by atoms with Crippen LogP contribution in [-0.2, 0) is 19.4 Å². The van der Waals surface area contributed by atoms with Gasteiger partial charge in [-0.05, 0) is 24.3 Å². The Labute approximate surface area is 157 Å². The number of hydrogen-bond acceptors (Lipinski definition) is 6. The molecule has 2 saturated heterocycles. The molecule has 3 heterocycles. The molecule has 2 amide bonds. The van der Waals surface area contributed by atoms with Crippen LogP contribution in [0.4, 0.5) is 0 Å². The number of likely N-dealkylation sites (tertiary alicyclic amines) is 1. The van der Waals surface area contributed by atoms with E-state index in [0.717, 1.165) is 6.26 Å². The molecule has 2 fully saturated rings. The van der Waals surface area contributed by atoms with Gasteiger partial charge in [-0.25, -0.2) is 8.42 Å². The summed E-state index contributed by atoms with van der Waals surface area (Å²) in [7, 11) is -3.14. The highest BCUT2D eigenvalue weighted by atomic mass is 32.2. The first-order valence-electron chi connectivity index (χ1n) is 8.69. The van der Waals surface area contributed by atoms with Gasteiger partial charge in [0.2, 0.25) is 5.91 Å². The molecule has 0 atom stereocenters. The standard InChI is InChI=1S/C17H24N2O5S2/c1-26(22,23)11-3-15(20)18-6-4-17(5-7-18)13-19(8-9-24-17)16(21)14-2-10-25-12-14/h2,10,12H,3-9,11,13H2,1H3. The minimum atomic E-state index is -3.14. The third-order valence-electron chi connectivity index (χ3n) is 5.02. The van der Waals surface area contributed by atoms with Crippen molar-refractivity contribution in [3.63, 3.8) is 0 Å². The first-order chi connectivity index (χ1) is 12.3. The maximum atomic E-state index is 12.6. The summed E-state index contributed by atoms with van der Waals surface area (Å²) in [5.74, 6) is -0.222. The second kappa shape index (κ2) is 7.66. The molecule has 9 heteroatoms. The Balaban J connectivity index is 1.56. The Morgan fingerprint density at radius 1 is 1.23 bits per heavy atom. The number of nitrogens with zero attached hydrogens (tertiary/aromatic N) is 2. The second-order valence-corrected chi connectivity index (χ2v) is 10.1. The Hall–Kier alpha value is -1.45. The number of ether oxygens (including phenoxy) is 1. The quantitative estimate of drug-likeness (QED) is 0.753. The molecule has 2 aliphatic heterocycles. The summed E-state index contributed by atoms with van der Waals surface area (Å²) >= 11 is 1.50. The van der Waals surface area contributed by atoms with Crippen molar-refractivity contribution in [1.29, 1.82) is 0 Å².